The second-order valence-corrected chi connectivity index (χ2v) is 4.31. The summed E-state index contributed by atoms with van der Waals surface area (Å²) < 4.78 is 62.1. The van der Waals surface area contributed by atoms with Gasteiger partial charge in [-0.25, -0.2) is 0 Å². The van der Waals surface area contributed by atoms with Gasteiger partial charge >= 0.3 is 12.1 Å². The summed E-state index contributed by atoms with van der Waals surface area (Å²) in [5.74, 6) is -4.79. The highest BCUT2D eigenvalue weighted by Gasteiger charge is 2.62. The van der Waals surface area contributed by atoms with Gasteiger partial charge in [0, 0.05) is 0 Å². The maximum atomic E-state index is 12.9. The Bertz CT molecular complexity index is 354. The van der Waals surface area contributed by atoms with Crippen LogP contribution >= 0.6 is 15.9 Å². The molecule has 6 heteroatoms. The zero-order valence-electron chi connectivity index (χ0n) is 8.15. The third-order valence-electron chi connectivity index (χ3n) is 2.07. The van der Waals surface area contributed by atoms with Gasteiger partial charge in [0.15, 0.2) is 0 Å². The van der Waals surface area contributed by atoms with Crippen LogP contribution in [-0.4, -0.2) is 12.1 Å². The molecule has 0 nitrogen and oxygen atoms in total. The number of alkyl halides is 6. The molecule has 0 bridgehead atoms. The van der Waals surface area contributed by atoms with E-state index in [2.05, 4.69) is 15.9 Å². The summed E-state index contributed by atoms with van der Waals surface area (Å²) in [6.07, 6.45) is -5.56. The van der Waals surface area contributed by atoms with Crippen LogP contribution in [0.1, 0.15) is 16.0 Å². The summed E-state index contributed by atoms with van der Waals surface area (Å²) in [6, 6.07) is 5.45. The van der Waals surface area contributed by atoms with E-state index in [1.165, 1.54) is 24.3 Å². The summed E-state index contributed by atoms with van der Waals surface area (Å²) >= 11 is 2.40. The first-order valence-corrected chi connectivity index (χ1v) is 5.23. The lowest BCUT2D eigenvalue weighted by Gasteiger charge is -2.24. The van der Waals surface area contributed by atoms with E-state index in [9.17, 15) is 22.0 Å². The second-order valence-electron chi connectivity index (χ2n) is 3.39. The Balaban J connectivity index is 3.02. The summed E-state index contributed by atoms with van der Waals surface area (Å²) in [6.45, 7) is 1.72. The SMILES string of the molecule is Cc1ccc(C(Br)C(F)(F)C(F)(F)F)cc1. The van der Waals surface area contributed by atoms with E-state index in [-0.39, 0.29) is 5.56 Å². The van der Waals surface area contributed by atoms with Crippen LogP contribution in [0, 0.1) is 6.92 Å². The lowest BCUT2D eigenvalue weighted by Crippen LogP contribution is -2.39. The Morgan fingerprint density at radius 1 is 1.00 bits per heavy atom. The first-order valence-electron chi connectivity index (χ1n) is 4.31. The van der Waals surface area contributed by atoms with Crippen molar-refractivity contribution in [2.75, 3.05) is 0 Å². The second kappa shape index (κ2) is 4.31. The molecule has 90 valence electrons. The van der Waals surface area contributed by atoms with Gasteiger partial charge in [0.05, 0.1) is 0 Å². The Morgan fingerprint density at radius 2 is 1.44 bits per heavy atom. The standard InChI is InChI=1S/C10H8BrF5/c1-6-2-4-7(5-3-6)8(11)9(12,13)10(14,15)16/h2-5,8H,1H3. The molecule has 1 atom stereocenters. The van der Waals surface area contributed by atoms with E-state index in [1.54, 1.807) is 6.92 Å². The van der Waals surface area contributed by atoms with E-state index in [4.69, 9.17) is 0 Å². The number of benzene rings is 1. The average Bonchev–Trinajstić information content (AvgIpc) is 2.16. The maximum absolute atomic E-state index is 12.9. The molecule has 0 aromatic heterocycles. The molecule has 0 aliphatic rings. The smallest absolute Gasteiger partial charge is 0.195 e. The third-order valence-corrected chi connectivity index (χ3v) is 3.17. The zero-order valence-corrected chi connectivity index (χ0v) is 9.74. The first kappa shape index (κ1) is 13.4. The first-order chi connectivity index (χ1) is 7.16. The summed E-state index contributed by atoms with van der Waals surface area (Å²) in [5.41, 5.74) is 0.687. The molecule has 0 saturated carbocycles. The van der Waals surface area contributed by atoms with Gasteiger partial charge in [-0.1, -0.05) is 45.8 Å². The number of aryl methyl sites for hydroxylation is 1. The minimum atomic E-state index is -5.56. The molecule has 0 saturated heterocycles. The molecule has 0 amide bonds. The van der Waals surface area contributed by atoms with Gasteiger partial charge in [0.1, 0.15) is 4.83 Å². The fourth-order valence-electron chi connectivity index (χ4n) is 1.09. The highest BCUT2D eigenvalue weighted by molar-refractivity contribution is 9.09. The minimum absolute atomic E-state index is 0.104. The van der Waals surface area contributed by atoms with E-state index < -0.39 is 16.9 Å². The van der Waals surface area contributed by atoms with E-state index >= 15 is 0 Å². The third kappa shape index (κ3) is 2.53. The van der Waals surface area contributed by atoms with E-state index in [0.29, 0.717) is 0 Å². The predicted octanol–water partition coefficient (Wildman–Crippen LogP) is 4.63. The van der Waals surface area contributed by atoms with Crippen molar-refractivity contribution in [3.05, 3.63) is 35.4 Å². The van der Waals surface area contributed by atoms with Crippen LogP contribution in [-0.2, 0) is 0 Å². The molecule has 1 aromatic rings. The topological polar surface area (TPSA) is 0 Å². The predicted molar refractivity (Wildman–Crippen MR) is 53.8 cm³/mol. The highest BCUT2D eigenvalue weighted by Crippen LogP contribution is 2.48. The molecule has 0 spiro atoms. The van der Waals surface area contributed by atoms with Crippen molar-refractivity contribution >= 4 is 15.9 Å². The van der Waals surface area contributed by atoms with Crippen LogP contribution in [0.3, 0.4) is 0 Å². The van der Waals surface area contributed by atoms with E-state index in [1.807, 2.05) is 0 Å². The normalized spacial score (nSPS) is 14.9. The Morgan fingerprint density at radius 3 is 1.81 bits per heavy atom. The molecule has 0 aliphatic carbocycles. The molecule has 0 N–H and O–H groups in total. The molecule has 0 fully saturated rings. The average molecular weight is 303 g/mol. The van der Waals surface area contributed by atoms with Gasteiger partial charge < -0.3 is 0 Å². The van der Waals surface area contributed by atoms with Gasteiger partial charge in [0.2, 0.25) is 0 Å². The largest absolute Gasteiger partial charge is 0.454 e. The Kier molecular flexibility index (Phi) is 3.62. The van der Waals surface area contributed by atoms with Crippen molar-refractivity contribution in [3.63, 3.8) is 0 Å². The highest BCUT2D eigenvalue weighted by atomic mass is 79.9. The molecular weight excluding hydrogens is 295 g/mol. The van der Waals surface area contributed by atoms with Crippen molar-refractivity contribution in [2.24, 2.45) is 0 Å². The molecule has 1 aromatic carbocycles. The molecule has 0 aliphatic heterocycles. The number of hydrogen-bond acceptors (Lipinski definition) is 0. The van der Waals surface area contributed by atoms with Crippen molar-refractivity contribution < 1.29 is 22.0 Å². The monoisotopic (exact) mass is 302 g/mol. The number of rotatable bonds is 2. The summed E-state index contributed by atoms with van der Waals surface area (Å²) in [7, 11) is 0. The lowest BCUT2D eigenvalue weighted by molar-refractivity contribution is -0.281. The van der Waals surface area contributed by atoms with Crippen molar-refractivity contribution in [1.82, 2.24) is 0 Å². The van der Waals surface area contributed by atoms with Crippen LogP contribution in [0.25, 0.3) is 0 Å². The number of hydrogen-bond donors (Lipinski definition) is 0. The van der Waals surface area contributed by atoms with Crippen molar-refractivity contribution in [1.29, 1.82) is 0 Å². The molecule has 1 unspecified atom stereocenters. The zero-order chi connectivity index (χ0) is 12.6. The van der Waals surface area contributed by atoms with Gasteiger partial charge in [-0.3, -0.25) is 0 Å². The fourth-order valence-corrected chi connectivity index (χ4v) is 1.65. The molecule has 0 radical (unpaired) electrons. The van der Waals surface area contributed by atoms with Crippen LogP contribution in [0.15, 0.2) is 24.3 Å². The lowest BCUT2D eigenvalue weighted by atomic mass is 10.1. The van der Waals surface area contributed by atoms with Gasteiger partial charge in [-0.05, 0) is 12.5 Å². The van der Waals surface area contributed by atoms with Crippen LogP contribution in [0.5, 0.6) is 0 Å². The van der Waals surface area contributed by atoms with Crippen LogP contribution in [0.4, 0.5) is 22.0 Å². The maximum Gasteiger partial charge on any atom is 0.454 e. The van der Waals surface area contributed by atoms with Crippen LogP contribution in [0.2, 0.25) is 0 Å². The minimum Gasteiger partial charge on any atom is -0.195 e. The Labute approximate surface area is 97.6 Å². The van der Waals surface area contributed by atoms with Gasteiger partial charge in [0.25, 0.3) is 0 Å². The van der Waals surface area contributed by atoms with E-state index in [0.717, 1.165) is 5.56 Å². The van der Waals surface area contributed by atoms with Gasteiger partial charge in [-0.15, -0.1) is 0 Å². The van der Waals surface area contributed by atoms with Crippen LogP contribution < -0.4 is 0 Å². The summed E-state index contributed by atoms with van der Waals surface area (Å²) in [5, 5.41) is 0. The molecule has 0 heterocycles. The van der Waals surface area contributed by atoms with Crippen molar-refractivity contribution in [2.45, 2.75) is 23.8 Å². The Hall–Kier alpha value is -0.650. The summed E-state index contributed by atoms with van der Waals surface area (Å²) in [4.78, 5) is -2.07. The fraction of sp³-hybridized carbons (Fsp3) is 0.400. The molecule has 1 rings (SSSR count). The quantitative estimate of drug-likeness (QED) is 0.552. The molecule has 16 heavy (non-hydrogen) atoms. The number of halogens is 6. The van der Waals surface area contributed by atoms with Gasteiger partial charge in [-0.2, -0.15) is 22.0 Å². The molecular formula is C10H8BrF5. The van der Waals surface area contributed by atoms with Crippen molar-refractivity contribution in [3.8, 4) is 0 Å².